The zero-order valence-corrected chi connectivity index (χ0v) is 16.1. The summed E-state index contributed by atoms with van der Waals surface area (Å²) in [6.07, 6.45) is -4.55. The van der Waals surface area contributed by atoms with Crippen LogP contribution in [-0.2, 0) is 15.7 Å². The molecule has 1 heterocycles. The number of carbonyl (C=O) groups excluding carboxylic acids is 1. The minimum atomic E-state index is -4.55. The van der Waals surface area contributed by atoms with E-state index in [1.807, 2.05) is 6.07 Å². The average Bonchev–Trinajstić information content (AvgIpc) is 2.67. The van der Waals surface area contributed by atoms with Gasteiger partial charge >= 0.3 is 6.18 Å². The molecule has 1 atom stereocenters. The van der Waals surface area contributed by atoms with Crippen molar-refractivity contribution in [3.05, 3.63) is 35.4 Å². The molecule has 2 aromatic rings. The molecule has 1 aromatic heterocycles. The van der Waals surface area contributed by atoms with Gasteiger partial charge in [-0.1, -0.05) is 6.07 Å². The Morgan fingerprint density at radius 2 is 2.10 bits per heavy atom. The van der Waals surface area contributed by atoms with Crippen LogP contribution in [0.4, 0.5) is 30.6 Å². The van der Waals surface area contributed by atoms with Crippen molar-refractivity contribution in [3.63, 3.8) is 0 Å². The lowest BCUT2D eigenvalue weighted by molar-refractivity contribution is -0.137. The number of ether oxygens (including phenoxy) is 2. The van der Waals surface area contributed by atoms with Gasteiger partial charge in [0.25, 0.3) is 0 Å². The van der Waals surface area contributed by atoms with Crippen LogP contribution >= 0.6 is 0 Å². The van der Waals surface area contributed by atoms with Crippen LogP contribution in [0.15, 0.2) is 24.3 Å². The highest BCUT2D eigenvalue weighted by atomic mass is 19.4. The molecule has 30 heavy (non-hydrogen) atoms. The minimum Gasteiger partial charge on any atom is -0.477 e. The lowest BCUT2D eigenvalue weighted by Crippen LogP contribution is -2.39. The number of hydrogen-bond acceptors (Lipinski definition) is 8. The van der Waals surface area contributed by atoms with Crippen molar-refractivity contribution in [2.24, 2.45) is 0 Å². The Balaban J connectivity index is 2.29. The number of amides is 1. The number of aromatic nitrogens is 2. The number of carbonyl (C=O) groups is 1. The maximum Gasteiger partial charge on any atom is 0.416 e. The first-order valence-corrected chi connectivity index (χ1v) is 8.63. The van der Waals surface area contributed by atoms with E-state index in [9.17, 15) is 23.2 Å². The van der Waals surface area contributed by atoms with Crippen LogP contribution in [-0.4, -0.2) is 42.2 Å². The van der Waals surface area contributed by atoms with Gasteiger partial charge in [0.15, 0.2) is 11.4 Å². The fraction of sp³-hybridized carbons (Fsp3) is 0.333. The van der Waals surface area contributed by atoms with Crippen LogP contribution < -0.4 is 21.1 Å². The van der Waals surface area contributed by atoms with E-state index in [-0.39, 0.29) is 42.1 Å². The Kier molecular flexibility index (Phi) is 7.38. The Hall–Kier alpha value is -3.59. The van der Waals surface area contributed by atoms with Gasteiger partial charge in [0.05, 0.1) is 18.8 Å². The Morgan fingerprint density at radius 3 is 2.70 bits per heavy atom. The Bertz CT molecular complexity index is 946. The number of halogens is 3. The predicted octanol–water partition coefficient (Wildman–Crippen LogP) is 2.41. The van der Waals surface area contributed by atoms with Crippen LogP contribution in [0.5, 0.6) is 5.88 Å². The first-order valence-electron chi connectivity index (χ1n) is 8.63. The highest BCUT2D eigenvalue weighted by Crippen LogP contribution is 2.30. The van der Waals surface area contributed by atoms with Gasteiger partial charge in [-0.25, -0.2) is 0 Å². The van der Waals surface area contributed by atoms with Gasteiger partial charge in [0.2, 0.25) is 17.7 Å². The van der Waals surface area contributed by atoms with Crippen molar-refractivity contribution >= 4 is 23.4 Å². The number of nitrogen functional groups attached to an aromatic ring is 1. The highest BCUT2D eigenvalue weighted by molar-refractivity contribution is 5.96. The molecule has 12 heteroatoms. The van der Waals surface area contributed by atoms with Crippen LogP contribution in [0.3, 0.4) is 0 Å². The molecule has 0 bridgehead atoms. The molecule has 2 rings (SSSR count). The number of alkyl halides is 3. The van der Waals surface area contributed by atoms with Crippen LogP contribution in [0.1, 0.15) is 18.1 Å². The van der Waals surface area contributed by atoms with Crippen molar-refractivity contribution in [1.29, 1.82) is 5.26 Å². The third kappa shape index (κ3) is 5.71. The predicted molar refractivity (Wildman–Crippen MR) is 102 cm³/mol. The van der Waals surface area contributed by atoms with Gasteiger partial charge in [0, 0.05) is 12.8 Å². The van der Waals surface area contributed by atoms with E-state index in [0.29, 0.717) is 0 Å². The lowest BCUT2D eigenvalue weighted by atomic mass is 10.2. The molecule has 0 aliphatic rings. The summed E-state index contributed by atoms with van der Waals surface area (Å²) in [6.45, 7) is 1.72. The van der Waals surface area contributed by atoms with E-state index in [0.717, 1.165) is 12.1 Å². The molecule has 9 nitrogen and oxygen atoms in total. The van der Waals surface area contributed by atoms with Crippen molar-refractivity contribution in [2.45, 2.75) is 19.1 Å². The summed E-state index contributed by atoms with van der Waals surface area (Å²) >= 11 is 0. The monoisotopic (exact) mass is 424 g/mol. The number of nitriles is 1. The summed E-state index contributed by atoms with van der Waals surface area (Å²) in [7, 11) is 1.33. The number of rotatable bonds is 8. The first kappa shape index (κ1) is 22.7. The molecule has 0 aliphatic carbocycles. The second-order valence-electron chi connectivity index (χ2n) is 5.88. The summed E-state index contributed by atoms with van der Waals surface area (Å²) in [4.78, 5) is 20.4. The third-order valence-corrected chi connectivity index (χ3v) is 3.70. The summed E-state index contributed by atoms with van der Waals surface area (Å²) in [5.41, 5.74) is 4.58. The quantitative estimate of drug-likeness (QED) is 0.588. The van der Waals surface area contributed by atoms with E-state index >= 15 is 0 Å². The molecule has 0 saturated heterocycles. The molecule has 0 saturated carbocycles. The van der Waals surface area contributed by atoms with Crippen molar-refractivity contribution in [2.75, 3.05) is 36.7 Å². The van der Waals surface area contributed by atoms with E-state index < -0.39 is 23.7 Å². The van der Waals surface area contributed by atoms with Gasteiger partial charge in [0.1, 0.15) is 12.1 Å². The van der Waals surface area contributed by atoms with Crippen LogP contribution in [0.25, 0.3) is 0 Å². The number of anilines is 3. The zero-order valence-electron chi connectivity index (χ0n) is 16.1. The second kappa shape index (κ2) is 9.75. The standard InChI is InChI=1S/C18H19F3N6O3/c1-3-30-16-12(8-22)14(26-17(23)27-16)25-13(9-29-2)15(28)24-11-6-4-5-10(7-11)18(19,20)21/h4-7,13H,3,9H2,1-2H3,(H,24,28)(H3,23,25,26,27). The SMILES string of the molecule is CCOc1nc(N)nc(NC(COC)C(=O)Nc2cccc(C(F)(F)F)c2)c1C#N. The van der Waals surface area contributed by atoms with Gasteiger partial charge in [-0.05, 0) is 25.1 Å². The molecule has 4 N–H and O–H groups in total. The van der Waals surface area contributed by atoms with Crippen molar-refractivity contribution in [3.8, 4) is 11.9 Å². The average molecular weight is 424 g/mol. The molecule has 1 unspecified atom stereocenters. The molecule has 160 valence electrons. The summed E-state index contributed by atoms with van der Waals surface area (Å²) in [5.74, 6) is -1.05. The molecule has 0 spiro atoms. The second-order valence-corrected chi connectivity index (χ2v) is 5.88. The number of benzene rings is 1. The number of nitrogens with one attached hydrogen (secondary N) is 2. The molecule has 0 fully saturated rings. The van der Waals surface area contributed by atoms with E-state index in [4.69, 9.17) is 15.2 Å². The zero-order chi connectivity index (χ0) is 22.3. The lowest BCUT2D eigenvalue weighted by Gasteiger charge is -2.20. The maximum atomic E-state index is 12.9. The molecular formula is C18H19F3N6O3. The Labute approximate surface area is 170 Å². The van der Waals surface area contributed by atoms with Crippen molar-refractivity contribution in [1.82, 2.24) is 9.97 Å². The van der Waals surface area contributed by atoms with Gasteiger partial charge in [-0.2, -0.15) is 28.4 Å². The number of nitrogens with two attached hydrogens (primary N) is 1. The molecule has 1 aromatic carbocycles. The summed E-state index contributed by atoms with van der Waals surface area (Å²) in [5, 5.41) is 14.5. The minimum absolute atomic E-state index is 0.0598. The highest BCUT2D eigenvalue weighted by Gasteiger charge is 2.31. The maximum absolute atomic E-state index is 12.9. The Morgan fingerprint density at radius 1 is 1.37 bits per heavy atom. The fourth-order valence-electron chi connectivity index (χ4n) is 2.42. The molecule has 1 amide bonds. The van der Waals surface area contributed by atoms with Gasteiger partial charge in [-0.15, -0.1) is 0 Å². The van der Waals surface area contributed by atoms with Crippen LogP contribution in [0, 0.1) is 11.3 Å². The van der Waals surface area contributed by atoms with Crippen molar-refractivity contribution < 1.29 is 27.4 Å². The van der Waals surface area contributed by atoms with Gasteiger partial charge in [-0.3, -0.25) is 4.79 Å². The van der Waals surface area contributed by atoms with Crippen LogP contribution in [0.2, 0.25) is 0 Å². The molecular weight excluding hydrogens is 405 g/mol. The van der Waals surface area contributed by atoms with E-state index in [1.165, 1.54) is 19.2 Å². The van der Waals surface area contributed by atoms with E-state index in [2.05, 4.69) is 20.6 Å². The summed E-state index contributed by atoms with van der Waals surface area (Å²) in [6, 6.07) is 4.94. The molecule has 0 radical (unpaired) electrons. The number of methoxy groups -OCH3 is 1. The number of hydrogen-bond donors (Lipinski definition) is 3. The third-order valence-electron chi connectivity index (χ3n) is 3.70. The van der Waals surface area contributed by atoms with E-state index in [1.54, 1.807) is 6.92 Å². The first-order chi connectivity index (χ1) is 14.2. The van der Waals surface area contributed by atoms with Gasteiger partial charge < -0.3 is 25.8 Å². The topological polar surface area (TPSA) is 135 Å². The summed E-state index contributed by atoms with van der Waals surface area (Å²) < 4.78 is 48.9. The molecule has 0 aliphatic heterocycles. The number of nitrogens with zero attached hydrogens (tertiary/aromatic N) is 3. The normalized spacial score (nSPS) is 12.0. The fourth-order valence-corrected chi connectivity index (χ4v) is 2.42. The largest absolute Gasteiger partial charge is 0.477 e. The smallest absolute Gasteiger partial charge is 0.416 e.